The molecule has 0 amide bonds. The van der Waals surface area contributed by atoms with Crippen molar-refractivity contribution in [1.29, 1.82) is 0 Å². The Bertz CT molecular complexity index is 1510. The second-order valence-corrected chi connectivity index (χ2v) is 7.90. The van der Waals surface area contributed by atoms with Crippen LogP contribution >= 0.6 is 0 Å². The second-order valence-electron chi connectivity index (χ2n) is 7.90. The summed E-state index contributed by atoms with van der Waals surface area (Å²) in [6, 6.07) is 11.0. The molecule has 0 unspecified atom stereocenters. The molecule has 0 bridgehead atoms. The molecule has 0 atom stereocenters. The van der Waals surface area contributed by atoms with Gasteiger partial charge in [0.15, 0.2) is 7.85 Å². The third-order valence-electron chi connectivity index (χ3n) is 5.47. The van der Waals surface area contributed by atoms with Gasteiger partial charge in [-0.25, -0.2) is 28.8 Å². The summed E-state index contributed by atoms with van der Waals surface area (Å²) >= 11 is 0. The van der Waals surface area contributed by atoms with Crippen LogP contribution < -0.4 is 9.47 Å². The van der Waals surface area contributed by atoms with Crippen LogP contribution in [0.5, 0.6) is 11.5 Å². The van der Waals surface area contributed by atoms with E-state index in [1.165, 1.54) is 50.3 Å². The third-order valence-corrected chi connectivity index (χ3v) is 5.47. The van der Waals surface area contributed by atoms with E-state index in [1.54, 1.807) is 0 Å². The van der Waals surface area contributed by atoms with Gasteiger partial charge in [0, 0.05) is 11.6 Å². The molecule has 5 rings (SSSR count). The normalized spacial score (nSPS) is 13.4. The quantitative estimate of drug-likeness (QED) is 0.218. The van der Waals surface area contributed by atoms with E-state index in [9.17, 15) is 33.6 Å². The largest absolute Gasteiger partial charge is 0.423 e. The first-order valence-electron chi connectivity index (χ1n) is 10.5. The highest BCUT2D eigenvalue weighted by Gasteiger charge is 2.32. The fourth-order valence-electron chi connectivity index (χ4n) is 3.65. The number of ether oxygens (including phenoxy) is 4. The fraction of sp³-hybridized carbons (Fsp3) is 0. The van der Waals surface area contributed by atoms with Crippen LogP contribution in [0.3, 0.4) is 0 Å². The molecule has 0 aromatic heterocycles. The van der Waals surface area contributed by atoms with Crippen molar-refractivity contribution in [2.75, 3.05) is 0 Å². The average molecular weight is 498 g/mol. The number of fused-ring (bicyclic) bond motifs is 2. The van der Waals surface area contributed by atoms with E-state index >= 15 is 0 Å². The zero-order chi connectivity index (χ0) is 26.4. The van der Waals surface area contributed by atoms with Gasteiger partial charge in [-0.2, -0.15) is 0 Å². The lowest BCUT2D eigenvalue weighted by Crippen LogP contribution is -2.12. The molecule has 0 saturated carbocycles. The lowest BCUT2D eigenvalue weighted by molar-refractivity contribution is 0.0425. The second kappa shape index (κ2) is 8.68. The Kier molecular flexibility index (Phi) is 5.48. The van der Waals surface area contributed by atoms with Crippen LogP contribution in [-0.4, -0.2) is 49.3 Å². The topological polar surface area (TPSA) is 156 Å². The highest BCUT2D eigenvalue weighted by atomic mass is 16.6. The zero-order valence-corrected chi connectivity index (χ0v) is 18.7. The van der Waals surface area contributed by atoms with Gasteiger partial charge in [0.25, 0.3) is 0 Å². The maximum Gasteiger partial charge on any atom is 0.346 e. The molecular formula is C25H11BO11. The molecule has 0 spiro atoms. The van der Waals surface area contributed by atoms with Gasteiger partial charge < -0.3 is 23.7 Å². The number of hydrogen-bond acceptors (Lipinski definition) is 11. The van der Waals surface area contributed by atoms with Gasteiger partial charge in [0.2, 0.25) is 0 Å². The maximum absolute atomic E-state index is 12.7. The van der Waals surface area contributed by atoms with E-state index in [0.29, 0.717) is 0 Å². The van der Waals surface area contributed by atoms with Crippen molar-refractivity contribution in [2.24, 2.45) is 0 Å². The Labute approximate surface area is 207 Å². The highest BCUT2D eigenvalue weighted by molar-refractivity contribution is 6.62. The number of carbonyl (C=O) groups is 7. The summed E-state index contributed by atoms with van der Waals surface area (Å²) in [6.45, 7) is 0. The van der Waals surface area contributed by atoms with E-state index in [4.69, 9.17) is 9.47 Å². The summed E-state index contributed by atoms with van der Waals surface area (Å²) < 4.78 is 19.6. The predicted molar refractivity (Wildman–Crippen MR) is 122 cm³/mol. The average Bonchev–Trinajstić information content (AvgIpc) is 3.31. The molecule has 0 saturated heterocycles. The maximum atomic E-state index is 12.7. The molecule has 2 aliphatic heterocycles. The summed E-state index contributed by atoms with van der Waals surface area (Å²) in [5.41, 5.74) is -0.671. The summed E-state index contributed by atoms with van der Waals surface area (Å²) in [6.07, 6.45) is 0. The van der Waals surface area contributed by atoms with E-state index in [1.807, 2.05) is 0 Å². The Morgan fingerprint density at radius 1 is 0.541 bits per heavy atom. The van der Waals surface area contributed by atoms with Gasteiger partial charge in [-0.1, -0.05) is 0 Å². The lowest BCUT2D eigenvalue weighted by atomic mass is 9.94. The minimum Gasteiger partial charge on any atom is -0.423 e. The van der Waals surface area contributed by atoms with Gasteiger partial charge in [-0.05, 0) is 48.5 Å². The Morgan fingerprint density at radius 3 is 1.35 bits per heavy atom. The van der Waals surface area contributed by atoms with Crippen molar-refractivity contribution >= 4 is 49.3 Å². The monoisotopic (exact) mass is 498 g/mol. The van der Waals surface area contributed by atoms with E-state index in [-0.39, 0.29) is 50.4 Å². The molecular weight excluding hydrogens is 487 g/mol. The number of carbonyl (C=O) groups excluding carboxylic acids is 7. The smallest absolute Gasteiger partial charge is 0.346 e. The molecule has 37 heavy (non-hydrogen) atoms. The molecule has 0 N–H and O–H groups in total. The zero-order valence-electron chi connectivity index (χ0n) is 18.7. The molecule has 0 radical (unpaired) electrons. The molecule has 11 nitrogen and oxygen atoms in total. The molecule has 0 aliphatic carbocycles. The minimum absolute atomic E-state index is 0.0125. The van der Waals surface area contributed by atoms with E-state index in [0.717, 1.165) is 12.1 Å². The Hall–Kier alpha value is -5.39. The van der Waals surface area contributed by atoms with Crippen molar-refractivity contribution in [3.63, 3.8) is 0 Å². The number of hydrogen-bond donors (Lipinski definition) is 0. The lowest BCUT2D eigenvalue weighted by Gasteiger charge is -2.10. The molecule has 12 heteroatoms. The minimum atomic E-state index is -0.922. The van der Waals surface area contributed by atoms with Gasteiger partial charge in [-0.15, -0.1) is 0 Å². The summed E-state index contributed by atoms with van der Waals surface area (Å²) in [5.74, 6) is -5.59. The Balaban J connectivity index is 1.40. The van der Waals surface area contributed by atoms with Crippen LogP contribution in [0.4, 0.5) is 0 Å². The van der Waals surface area contributed by atoms with E-state index < -0.39 is 41.5 Å². The summed E-state index contributed by atoms with van der Waals surface area (Å²) in [7, 11) is 1.25. The SMILES string of the molecule is BC(=O)c1cc(OC(=O)c2ccc3c(c2)C(=O)OC3=O)cc(OC(=O)c2ccc3c(c2)C(=O)OC3=O)c1. The Morgan fingerprint density at radius 2 is 0.946 bits per heavy atom. The van der Waals surface area contributed by atoms with Crippen LogP contribution in [-0.2, 0) is 9.47 Å². The summed E-state index contributed by atoms with van der Waals surface area (Å²) in [5, 5.41) is 0. The van der Waals surface area contributed by atoms with Crippen LogP contribution in [0.15, 0.2) is 54.6 Å². The van der Waals surface area contributed by atoms with Crippen molar-refractivity contribution in [2.45, 2.75) is 0 Å². The first-order chi connectivity index (χ1) is 17.6. The predicted octanol–water partition coefficient (Wildman–Crippen LogP) is 1.52. The first kappa shape index (κ1) is 23.4. The van der Waals surface area contributed by atoms with Gasteiger partial charge in [-0.3, -0.25) is 0 Å². The highest BCUT2D eigenvalue weighted by Crippen LogP contribution is 2.27. The van der Waals surface area contributed by atoms with Crippen LogP contribution in [0, 0.1) is 0 Å². The van der Waals surface area contributed by atoms with Crippen LogP contribution in [0.1, 0.15) is 72.5 Å². The number of esters is 6. The van der Waals surface area contributed by atoms with E-state index in [2.05, 4.69) is 9.47 Å². The molecule has 2 aliphatic rings. The van der Waals surface area contributed by atoms with Gasteiger partial charge in [0.05, 0.1) is 33.4 Å². The standard InChI is InChI=1S/C25H11BO11/c26-19(27)12-5-13(34-20(28)10-1-3-15-17(7-10)24(32)36-22(15)30)9-14(6-12)35-21(29)11-2-4-16-18(8-11)25(33)37-23(16)31/h1-9H,26H2. The molecule has 180 valence electrons. The van der Waals surface area contributed by atoms with Crippen molar-refractivity contribution < 1.29 is 52.5 Å². The molecule has 0 fully saturated rings. The number of benzene rings is 3. The van der Waals surface area contributed by atoms with Crippen LogP contribution in [0.25, 0.3) is 0 Å². The van der Waals surface area contributed by atoms with Crippen molar-refractivity contribution in [3.8, 4) is 11.5 Å². The third kappa shape index (κ3) is 4.27. The molecule has 2 heterocycles. The van der Waals surface area contributed by atoms with Crippen molar-refractivity contribution in [1.82, 2.24) is 0 Å². The number of cyclic esters (lactones) is 4. The van der Waals surface area contributed by atoms with Crippen LogP contribution in [0.2, 0.25) is 0 Å². The fourth-order valence-corrected chi connectivity index (χ4v) is 3.65. The first-order valence-corrected chi connectivity index (χ1v) is 10.5. The summed E-state index contributed by atoms with van der Waals surface area (Å²) in [4.78, 5) is 84.1. The molecule has 3 aromatic rings. The van der Waals surface area contributed by atoms with Gasteiger partial charge >= 0.3 is 35.8 Å². The van der Waals surface area contributed by atoms with Gasteiger partial charge in [0.1, 0.15) is 17.2 Å². The van der Waals surface area contributed by atoms with Crippen molar-refractivity contribution in [3.05, 3.63) is 93.5 Å². The number of rotatable bonds is 5. The molecule has 3 aromatic carbocycles.